The summed E-state index contributed by atoms with van der Waals surface area (Å²) in [4.78, 5) is 14.7. The molecule has 0 aliphatic heterocycles. The highest BCUT2D eigenvalue weighted by Crippen LogP contribution is 2.10. The number of carbonyl (C=O) groups excluding carboxylic acids is 1. The molecular formula is C8H10Cl2N2O2. The van der Waals surface area contributed by atoms with Crippen LogP contribution in [0.1, 0.15) is 0 Å². The molecule has 0 aromatic carbocycles. The van der Waals surface area contributed by atoms with Crippen molar-refractivity contribution < 1.29 is 9.53 Å². The minimum atomic E-state index is -0.256. The van der Waals surface area contributed by atoms with Gasteiger partial charge in [-0.2, -0.15) is 0 Å². The van der Waals surface area contributed by atoms with Crippen molar-refractivity contribution in [3.05, 3.63) is 18.3 Å². The second-order valence-corrected chi connectivity index (χ2v) is 2.54. The van der Waals surface area contributed by atoms with E-state index in [0.717, 1.165) is 0 Å². The van der Waals surface area contributed by atoms with Crippen LogP contribution in [0.25, 0.3) is 0 Å². The van der Waals surface area contributed by atoms with Crippen molar-refractivity contribution in [2.24, 2.45) is 0 Å². The summed E-state index contributed by atoms with van der Waals surface area (Å²) in [5.41, 5.74) is 0.603. The molecule has 0 unspecified atom stereocenters. The van der Waals surface area contributed by atoms with Gasteiger partial charge in [-0.05, 0) is 6.07 Å². The Bertz CT molecular complexity index is 290. The molecule has 0 atom stereocenters. The van der Waals surface area contributed by atoms with E-state index in [0.29, 0.717) is 11.6 Å². The number of nitrogens with zero attached hydrogens (tertiary/aromatic N) is 1. The summed E-state index contributed by atoms with van der Waals surface area (Å²) in [6.07, 6.45) is 1.50. The minimum absolute atomic E-state index is 0. The standard InChI is InChI=1S/C8H9ClN2O2.ClH/c1-13-8-3-2-6(5-10-8)11-7(12)4-9;/h2-3,5H,4H2,1H3,(H,11,12);1H. The van der Waals surface area contributed by atoms with Gasteiger partial charge in [-0.25, -0.2) is 4.98 Å². The summed E-state index contributed by atoms with van der Waals surface area (Å²) in [7, 11) is 1.53. The Morgan fingerprint density at radius 1 is 1.64 bits per heavy atom. The van der Waals surface area contributed by atoms with Crippen molar-refractivity contribution in [2.45, 2.75) is 0 Å². The highest BCUT2D eigenvalue weighted by atomic mass is 35.5. The number of anilines is 1. The van der Waals surface area contributed by atoms with Crippen LogP contribution in [-0.2, 0) is 4.79 Å². The van der Waals surface area contributed by atoms with Crippen molar-refractivity contribution in [2.75, 3.05) is 18.3 Å². The second kappa shape index (κ2) is 6.45. The van der Waals surface area contributed by atoms with E-state index in [-0.39, 0.29) is 24.2 Å². The molecule has 0 bridgehead atoms. The Morgan fingerprint density at radius 2 is 2.36 bits per heavy atom. The molecule has 4 nitrogen and oxygen atoms in total. The fraction of sp³-hybridized carbons (Fsp3) is 0.250. The van der Waals surface area contributed by atoms with E-state index >= 15 is 0 Å². The van der Waals surface area contributed by atoms with E-state index in [1.54, 1.807) is 12.1 Å². The molecule has 0 aliphatic carbocycles. The van der Waals surface area contributed by atoms with Crippen LogP contribution in [0.3, 0.4) is 0 Å². The monoisotopic (exact) mass is 236 g/mol. The maximum Gasteiger partial charge on any atom is 0.239 e. The average Bonchev–Trinajstić information content (AvgIpc) is 2.19. The van der Waals surface area contributed by atoms with E-state index in [1.807, 2.05) is 0 Å². The highest BCUT2D eigenvalue weighted by Gasteiger charge is 1.99. The van der Waals surface area contributed by atoms with Gasteiger partial charge in [-0.3, -0.25) is 4.79 Å². The summed E-state index contributed by atoms with van der Waals surface area (Å²) in [5.74, 6) is 0.184. The molecule has 0 radical (unpaired) electrons. The molecule has 0 aliphatic rings. The number of rotatable bonds is 3. The van der Waals surface area contributed by atoms with Crippen LogP contribution in [0.4, 0.5) is 5.69 Å². The molecule has 1 aromatic heterocycles. The first-order valence-electron chi connectivity index (χ1n) is 3.62. The number of halogens is 2. The molecule has 0 saturated heterocycles. The fourth-order valence-electron chi connectivity index (χ4n) is 0.769. The predicted molar refractivity (Wildman–Crippen MR) is 57.4 cm³/mol. The van der Waals surface area contributed by atoms with Gasteiger partial charge in [-0.15, -0.1) is 24.0 Å². The lowest BCUT2D eigenvalue weighted by atomic mass is 10.4. The molecule has 0 fully saturated rings. The van der Waals surface area contributed by atoms with Gasteiger partial charge < -0.3 is 10.1 Å². The number of carbonyl (C=O) groups is 1. The molecule has 14 heavy (non-hydrogen) atoms. The van der Waals surface area contributed by atoms with Crippen molar-refractivity contribution >= 4 is 35.6 Å². The molecule has 1 rings (SSSR count). The maximum atomic E-state index is 10.8. The molecule has 1 N–H and O–H groups in total. The first-order chi connectivity index (χ1) is 6.26. The SMILES string of the molecule is COc1ccc(NC(=O)CCl)cn1.Cl. The van der Waals surface area contributed by atoms with Crippen molar-refractivity contribution in [1.82, 2.24) is 4.98 Å². The topological polar surface area (TPSA) is 51.2 Å². The molecule has 1 aromatic rings. The Balaban J connectivity index is 0.00000169. The average molecular weight is 237 g/mol. The Kier molecular flexibility index (Phi) is 5.99. The number of alkyl halides is 1. The number of hydrogen-bond acceptors (Lipinski definition) is 3. The van der Waals surface area contributed by atoms with Gasteiger partial charge in [0, 0.05) is 6.07 Å². The van der Waals surface area contributed by atoms with Crippen molar-refractivity contribution in [3.63, 3.8) is 0 Å². The van der Waals surface area contributed by atoms with Gasteiger partial charge in [-0.1, -0.05) is 0 Å². The summed E-state index contributed by atoms with van der Waals surface area (Å²) < 4.78 is 4.85. The van der Waals surface area contributed by atoms with Crippen LogP contribution in [0.5, 0.6) is 5.88 Å². The van der Waals surface area contributed by atoms with Crippen LogP contribution < -0.4 is 10.1 Å². The Labute approximate surface area is 93.0 Å². The molecule has 0 spiro atoms. The van der Waals surface area contributed by atoms with Gasteiger partial charge >= 0.3 is 0 Å². The molecule has 0 saturated carbocycles. The quantitative estimate of drug-likeness (QED) is 0.814. The van der Waals surface area contributed by atoms with Crippen LogP contribution in [0, 0.1) is 0 Å². The lowest BCUT2D eigenvalue weighted by Crippen LogP contribution is -2.12. The van der Waals surface area contributed by atoms with E-state index in [4.69, 9.17) is 16.3 Å². The third-order valence-electron chi connectivity index (χ3n) is 1.35. The van der Waals surface area contributed by atoms with Crippen LogP contribution >= 0.6 is 24.0 Å². The van der Waals surface area contributed by atoms with Gasteiger partial charge in [0.1, 0.15) is 5.88 Å². The smallest absolute Gasteiger partial charge is 0.239 e. The van der Waals surface area contributed by atoms with E-state index in [2.05, 4.69) is 10.3 Å². The van der Waals surface area contributed by atoms with Gasteiger partial charge in [0.15, 0.2) is 0 Å². The third-order valence-corrected chi connectivity index (χ3v) is 1.59. The number of ether oxygens (including phenoxy) is 1. The molecule has 6 heteroatoms. The van der Waals surface area contributed by atoms with Crippen LogP contribution in [0.15, 0.2) is 18.3 Å². The van der Waals surface area contributed by atoms with E-state index < -0.39 is 0 Å². The summed E-state index contributed by atoms with van der Waals surface area (Å²) in [6.45, 7) is 0. The minimum Gasteiger partial charge on any atom is -0.481 e. The largest absolute Gasteiger partial charge is 0.481 e. The van der Waals surface area contributed by atoms with Gasteiger partial charge in [0.25, 0.3) is 0 Å². The molecule has 1 heterocycles. The van der Waals surface area contributed by atoms with E-state index in [1.165, 1.54) is 13.3 Å². The lowest BCUT2D eigenvalue weighted by Gasteiger charge is -2.02. The number of aromatic nitrogens is 1. The zero-order valence-corrected chi connectivity index (χ0v) is 9.06. The zero-order valence-electron chi connectivity index (χ0n) is 7.49. The molecular weight excluding hydrogens is 227 g/mol. The lowest BCUT2D eigenvalue weighted by molar-refractivity contribution is -0.113. The van der Waals surface area contributed by atoms with Crippen molar-refractivity contribution in [1.29, 1.82) is 0 Å². The Hall–Kier alpha value is -1.00. The highest BCUT2D eigenvalue weighted by molar-refractivity contribution is 6.29. The van der Waals surface area contributed by atoms with E-state index in [9.17, 15) is 4.79 Å². The number of amides is 1. The number of methoxy groups -OCH3 is 1. The predicted octanol–water partition coefficient (Wildman–Crippen LogP) is 1.69. The van der Waals surface area contributed by atoms with Gasteiger partial charge in [0.2, 0.25) is 11.8 Å². The summed E-state index contributed by atoms with van der Waals surface area (Å²) in [5, 5.41) is 2.55. The summed E-state index contributed by atoms with van der Waals surface area (Å²) in [6, 6.07) is 3.35. The number of hydrogen-bond donors (Lipinski definition) is 1. The van der Waals surface area contributed by atoms with Crippen molar-refractivity contribution in [3.8, 4) is 5.88 Å². The third kappa shape index (κ3) is 3.81. The fourth-order valence-corrected chi connectivity index (χ4v) is 0.836. The second-order valence-electron chi connectivity index (χ2n) is 2.27. The maximum absolute atomic E-state index is 10.8. The zero-order chi connectivity index (χ0) is 9.68. The number of pyridine rings is 1. The Morgan fingerprint density at radius 3 is 2.79 bits per heavy atom. The van der Waals surface area contributed by atoms with Gasteiger partial charge in [0.05, 0.1) is 19.0 Å². The van der Waals surface area contributed by atoms with Crippen LogP contribution in [0.2, 0.25) is 0 Å². The molecule has 78 valence electrons. The van der Waals surface area contributed by atoms with Crippen LogP contribution in [-0.4, -0.2) is 23.9 Å². The summed E-state index contributed by atoms with van der Waals surface area (Å²) >= 11 is 5.30. The first-order valence-corrected chi connectivity index (χ1v) is 4.15. The number of nitrogens with one attached hydrogen (secondary N) is 1. The molecule has 1 amide bonds. The first kappa shape index (κ1) is 13.0. The normalized spacial score (nSPS) is 8.71.